The topological polar surface area (TPSA) is 129 Å². The number of rotatable bonds is 7. The summed E-state index contributed by atoms with van der Waals surface area (Å²) in [6.07, 6.45) is 0.101. The first kappa shape index (κ1) is 25.9. The number of nitrogens with two attached hydrogens (primary N) is 1. The fourth-order valence-corrected chi connectivity index (χ4v) is 4.44. The van der Waals surface area contributed by atoms with Crippen molar-refractivity contribution < 1.29 is 32.8 Å². The van der Waals surface area contributed by atoms with Crippen LogP contribution in [0.25, 0.3) is 0 Å². The number of aromatic nitrogens is 3. The number of benzene rings is 1. The van der Waals surface area contributed by atoms with Crippen LogP contribution in [0.2, 0.25) is 0 Å². The van der Waals surface area contributed by atoms with Crippen molar-refractivity contribution in [1.29, 1.82) is 0 Å². The van der Waals surface area contributed by atoms with E-state index in [0.29, 0.717) is 25.1 Å². The molecule has 2 aliphatic rings. The number of carbonyl (C=O) groups is 1. The Bertz CT molecular complexity index is 1360. The third-order valence-corrected chi connectivity index (χ3v) is 6.70. The monoisotopic (exact) mass is 532 g/mol. The standard InChI is InChI=1S/C25H25F4N7O2/c26-18-12-31-20(24(38)5-1-6-24)9-19(18)35-21-17(22(37)33-13-25(27,28)29)11-32-23(36-21)34-16-3-2-14-4-7-30-10-15(14)8-16/h2-3,8-9,11-12,30,38H,1,4-7,10,13H2,(H,33,37)(H2,31,32,34,35,36)/p+1. The van der Waals surface area contributed by atoms with Gasteiger partial charge in [0.1, 0.15) is 17.7 Å². The molecule has 0 saturated heterocycles. The van der Waals surface area contributed by atoms with Crippen LogP contribution in [-0.4, -0.2) is 45.2 Å². The van der Waals surface area contributed by atoms with E-state index < -0.39 is 30.0 Å². The van der Waals surface area contributed by atoms with Crippen molar-refractivity contribution >= 4 is 29.0 Å². The van der Waals surface area contributed by atoms with Gasteiger partial charge in [0.05, 0.1) is 18.1 Å². The Morgan fingerprint density at radius 1 is 1.16 bits per heavy atom. The second kappa shape index (κ2) is 10.2. The second-order valence-electron chi connectivity index (χ2n) is 9.45. The van der Waals surface area contributed by atoms with Crippen LogP contribution >= 0.6 is 0 Å². The van der Waals surface area contributed by atoms with E-state index in [1.807, 2.05) is 18.2 Å². The lowest BCUT2D eigenvalue weighted by molar-refractivity contribution is -0.485. The van der Waals surface area contributed by atoms with Crippen LogP contribution in [0.4, 0.5) is 40.7 Å². The van der Waals surface area contributed by atoms with Gasteiger partial charge in [-0.05, 0) is 55.5 Å². The molecule has 1 fully saturated rings. The number of amides is 1. The molecule has 1 aromatic carbocycles. The smallest absolute Gasteiger partial charge is 0.384 e. The van der Waals surface area contributed by atoms with Crippen LogP contribution in [0, 0.1) is 5.82 Å². The van der Waals surface area contributed by atoms with Crippen molar-refractivity contribution in [3.05, 3.63) is 64.9 Å². The van der Waals surface area contributed by atoms with E-state index in [1.165, 1.54) is 16.9 Å². The Morgan fingerprint density at radius 2 is 1.97 bits per heavy atom. The molecule has 200 valence electrons. The molecule has 6 N–H and O–H groups in total. The predicted octanol–water partition coefficient (Wildman–Crippen LogP) is 2.59. The highest BCUT2D eigenvalue weighted by atomic mass is 19.4. The first-order chi connectivity index (χ1) is 18.1. The molecule has 1 amide bonds. The Balaban J connectivity index is 1.46. The lowest BCUT2D eigenvalue weighted by atomic mass is 9.77. The highest BCUT2D eigenvalue weighted by molar-refractivity contribution is 5.97. The minimum Gasteiger partial charge on any atom is -0.384 e. The zero-order valence-electron chi connectivity index (χ0n) is 20.2. The number of alkyl halides is 3. The molecule has 38 heavy (non-hydrogen) atoms. The van der Waals surface area contributed by atoms with Gasteiger partial charge in [-0.3, -0.25) is 15.1 Å². The zero-order valence-corrected chi connectivity index (χ0v) is 20.2. The number of hydrogen-bond acceptors (Lipinski definition) is 7. The van der Waals surface area contributed by atoms with Gasteiger partial charge in [-0.2, -0.15) is 22.5 Å². The van der Waals surface area contributed by atoms with E-state index >= 15 is 0 Å². The van der Waals surface area contributed by atoms with Crippen LogP contribution in [0.1, 0.15) is 46.4 Å². The molecule has 5 rings (SSSR count). The van der Waals surface area contributed by atoms with E-state index in [9.17, 15) is 27.5 Å². The summed E-state index contributed by atoms with van der Waals surface area (Å²) >= 11 is 0. The van der Waals surface area contributed by atoms with Crippen molar-refractivity contribution in [2.75, 3.05) is 18.4 Å². The summed E-state index contributed by atoms with van der Waals surface area (Å²) in [5, 5.41) is 20.0. The average Bonchev–Trinajstić information content (AvgIpc) is 2.87. The Morgan fingerprint density at radius 3 is 2.71 bits per heavy atom. The van der Waals surface area contributed by atoms with Gasteiger partial charge in [0.2, 0.25) is 17.6 Å². The lowest BCUT2D eigenvalue weighted by Gasteiger charge is -2.35. The van der Waals surface area contributed by atoms with E-state index in [2.05, 4.69) is 25.6 Å². The third-order valence-electron chi connectivity index (χ3n) is 6.70. The van der Waals surface area contributed by atoms with Crippen LogP contribution < -0.4 is 21.3 Å². The normalized spacial score (nSPS) is 16.3. The van der Waals surface area contributed by atoms with Gasteiger partial charge in [0.25, 0.3) is 5.91 Å². The number of aliphatic hydroxyl groups is 1. The maximum Gasteiger partial charge on any atom is 0.405 e. The number of nitrogens with zero attached hydrogens (tertiary/aromatic N) is 3. The molecular weight excluding hydrogens is 506 g/mol. The van der Waals surface area contributed by atoms with Crippen LogP contribution in [-0.2, 0) is 18.6 Å². The van der Waals surface area contributed by atoms with Crippen molar-refractivity contribution in [1.82, 2.24) is 25.6 Å². The van der Waals surface area contributed by atoms with Crippen LogP contribution in [0.5, 0.6) is 0 Å². The van der Waals surface area contributed by atoms with Gasteiger partial charge < -0.3 is 21.1 Å². The largest absolute Gasteiger partial charge is 0.405 e. The van der Waals surface area contributed by atoms with Gasteiger partial charge in [-0.15, -0.1) is 0 Å². The fraction of sp³-hybridized carbons (Fsp3) is 0.360. The predicted molar refractivity (Wildman–Crippen MR) is 129 cm³/mol. The Hall–Kier alpha value is -3.68. The Labute approximate surface area is 215 Å². The van der Waals surface area contributed by atoms with E-state index in [-0.39, 0.29) is 28.7 Å². The van der Waals surface area contributed by atoms with Gasteiger partial charge in [-0.1, -0.05) is 6.07 Å². The summed E-state index contributed by atoms with van der Waals surface area (Å²) in [5.41, 5.74) is 1.82. The molecule has 1 saturated carbocycles. The van der Waals surface area contributed by atoms with Crippen molar-refractivity contribution in [2.24, 2.45) is 0 Å². The quantitative estimate of drug-likeness (QED) is 0.296. The van der Waals surface area contributed by atoms with Crippen molar-refractivity contribution in [3.63, 3.8) is 0 Å². The van der Waals surface area contributed by atoms with E-state index in [4.69, 9.17) is 0 Å². The SMILES string of the molecule is O=C(NCC(F)(F)F)c1cnc(Nc2ccc3c(c2)CNCC3)nc1[NH2+]c1cc(C2(O)CCC2)ncc1F. The molecule has 1 aliphatic heterocycles. The van der Waals surface area contributed by atoms with Gasteiger partial charge in [-0.25, -0.2) is 4.98 Å². The zero-order chi connectivity index (χ0) is 26.9. The molecule has 3 aromatic rings. The van der Waals surface area contributed by atoms with Gasteiger partial charge in [0.15, 0.2) is 5.69 Å². The summed E-state index contributed by atoms with van der Waals surface area (Å²) in [4.78, 5) is 25.0. The first-order valence-electron chi connectivity index (χ1n) is 12.1. The number of nitrogens with one attached hydrogen (secondary N) is 3. The highest BCUT2D eigenvalue weighted by Gasteiger charge is 2.38. The summed E-state index contributed by atoms with van der Waals surface area (Å²) in [5.74, 6) is -1.83. The number of pyridine rings is 1. The number of quaternary nitrogens is 1. The number of carbonyl (C=O) groups excluding carboxylic acids is 1. The maximum absolute atomic E-state index is 14.7. The molecule has 3 heterocycles. The number of fused-ring (bicyclic) bond motifs is 1. The maximum atomic E-state index is 14.7. The number of anilines is 2. The van der Waals surface area contributed by atoms with Gasteiger partial charge in [0, 0.05) is 18.3 Å². The molecule has 0 unspecified atom stereocenters. The molecular formula is C25H26F4N7O2+. The molecule has 0 radical (unpaired) electrons. The average molecular weight is 533 g/mol. The lowest BCUT2D eigenvalue weighted by Crippen LogP contribution is -2.73. The Kier molecular flexibility index (Phi) is 6.99. The first-order valence-corrected chi connectivity index (χ1v) is 12.1. The van der Waals surface area contributed by atoms with Crippen LogP contribution in [0.3, 0.4) is 0 Å². The van der Waals surface area contributed by atoms with Crippen molar-refractivity contribution in [3.8, 4) is 0 Å². The minimum absolute atomic E-state index is 0.0234. The van der Waals surface area contributed by atoms with E-state index in [1.54, 1.807) is 5.32 Å². The van der Waals surface area contributed by atoms with Crippen molar-refractivity contribution in [2.45, 2.75) is 44.0 Å². The fourth-order valence-electron chi connectivity index (χ4n) is 4.44. The second-order valence-corrected chi connectivity index (χ2v) is 9.45. The summed E-state index contributed by atoms with van der Waals surface area (Å²) in [7, 11) is 0. The minimum atomic E-state index is -4.62. The summed E-state index contributed by atoms with van der Waals surface area (Å²) in [6.45, 7) is 0.0545. The molecule has 13 heteroatoms. The molecule has 0 spiro atoms. The number of halogens is 4. The number of hydrogen-bond donors (Lipinski definition) is 5. The van der Waals surface area contributed by atoms with E-state index in [0.717, 1.165) is 37.3 Å². The molecule has 0 bridgehead atoms. The summed E-state index contributed by atoms with van der Waals surface area (Å²) in [6, 6.07) is 7.14. The van der Waals surface area contributed by atoms with Crippen LogP contribution in [0.15, 0.2) is 36.7 Å². The molecule has 9 nitrogen and oxygen atoms in total. The highest BCUT2D eigenvalue weighted by Crippen LogP contribution is 2.40. The third kappa shape index (κ3) is 5.74. The summed E-state index contributed by atoms with van der Waals surface area (Å²) < 4.78 is 52.8. The van der Waals surface area contributed by atoms with Gasteiger partial charge >= 0.3 is 6.18 Å². The molecule has 1 aliphatic carbocycles. The molecule has 2 aromatic heterocycles. The molecule has 0 atom stereocenters.